The molecule has 3 nitrogen and oxygen atoms in total. The summed E-state index contributed by atoms with van der Waals surface area (Å²) in [6, 6.07) is 0.622. The van der Waals surface area contributed by atoms with Gasteiger partial charge in [0.05, 0.1) is 5.60 Å². The molecule has 0 radical (unpaired) electrons. The van der Waals surface area contributed by atoms with Crippen LogP contribution in [-0.2, 0) is 0 Å². The second-order valence-corrected chi connectivity index (χ2v) is 5.06. The minimum atomic E-state index is -0.520. The van der Waals surface area contributed by atoms with Crippen LogP contribution in [0, 0.1) is 0 Å². The third kappa shape index (κ3) is 3.74. The first kappa shape index (κ1) is 12.9. The van der Waals surface area contributed by atoms with Crippen LogP contribution in [0.2, 0.25) is 0 Å². The molecule has 0 spiro atoms. The number of likely N-dealkylation sites (N-methyl/N-ethyl adjacent to an activating group) is 1. The number of aliphatic hydroxyl groups is 1. The maximum absolute atomic E-state index is 10.0. The van der Waals surface area contributed by atoms with Crippen LogP contribution in [0.5, 0.6) is 0 Å². The van der Waals surface area contributed by atoms with Crippen LogP contribution in [-0.4, -0.2) is 59.3 Å². The molecule has 1 heterocycles. The average molecular weight is 214 g/mol. The van der Waals surface area contributed by atoms with Gasteiger partial charge in [-0.25, -0.2) is 0 Å². The lowest BCUT2D eigenvalue weighted by Gasteiger charge is -2.41. The van der Waals surface area contributed by atoms with Gasteiger partial charge in [-0.3, -0.25) is 9.80 Å². The molecule has 0 aromatic rings. The molecule has 3 heteroatoms. The zero-order chi connectivity index (χ0) is 11.5. The normalized spacial score (nSPS) is 29.0. The van der Waals surface area contributed by atoms with E-state index in [0.29, 0.717) is 6.04 Å². The van der Waals surface area contributed by atoms with Crippen LogP contribution in [0.3, 0.4) is 0 Å². The highest BCUT2D eigenvalue weighted by Gasteiger charge is 2.27. The van der Waals surface area contributed by atoms with E-state index in [1.807, 2.05) is 13.8 Å². The van der Waals surface area contributed by atoms with E-state index < -0.39 is 5.60 Å². The largest absolute Gasteiger partial charge is 0.389 e. The van der Waals surface area contributed by atoms with Gasteiger partial charge in [-0.05, 0) is 26.8 Å². The van der Waals surface area contributed by atoms with Gasteiger partial charge in [0.1, 0.15) is 0 Å². The third-order valence-corrected chi connectivity index (χ3v) is 3.58. The number of β-amino-alcohol motifs (C(OH)–C–C–N with tert-alkyl or cyclic N) is 1. The first-order valence-electron chi connectivity index (χ1n) is 6.17. The van der Waals surface area contributed by atoms with Crippen LogP contribution in [0.4, 0.5) is 0 Å². The van der Waals surface area contributed by atoms with Gasteiger partial charge in [0.25, 0.3) is 0 Å². The number of piperazine rings is 1. The first-order chi connectivity index (χ1) is 6.98. The molecule has 1 aliphatic heterocycles. The minimum Gasteiger partial charge on any atom is -0.389 e. The van der Waals surface area contributed by atoms with E-state index in [-0.39, 0.29) is 0 Å². The molecule has 1 aliphatic rings. The highest BCUT2D eigenvalue weighted by atomic mass is 16.3. The molecular formula is C12H26N2O. The van der Waals surface area contributed by atoms with E-state index in [4.69, 9.17) is 0 Å². The van der Waals surface area contributed by atoms with Crippen LogP contribution < -0.4 is 0 Å². The molecule has 0 bridgehead atoms. The number of nitrogens with zero attached hydrogens (tertiary/aromatic N) is 2. The lowest BCUT2D eigenvalue weighted by atomic mass is 10.0. The van der Waals surface area contributed by atoms with Gasteiger partial charge in [-0.2, -0.15) is 0 Å². The van der Waals surface area contributed by atoms with E-state index in [9.17, 15) is 5.11 Å². The van der Waals surface area contributed by atoms with E-state index >= 15 is 0 Å². The van der Waals surface area contributed by atoms with Gasteiger partial charge < -0.3 is 5.11 Å². The minimum absolute atomic E-state index is 0.520. The third-order valence-electron chi connectivity index (χ3n) is 3.58. The molecule has 0 saturated carbocycles. The molecule has 2 unspecified atom stereocenters. The Morgan fingerprint density at radius 1 is 1.33 bits per heavy atom. The molecule has 0 aromatic heterocycles. The Bertz CT molecular complexity index is 194. The highest BCUT2D eigenvalue weighted by Crippen LogP contribution is 2.15. The standard InChI is InChI=1S/C12H26N2O/c1-5-12(4,15)10-13-7-8-14(6-2)11(3)9-13/h11,15H,5-10H2,1-4H3. The van der Waals surface area contributed by atoms with Gasteiger partial charge in [0.15, 0.2) is 0 Å². The summed E-state index contributed by atoms with van der Waals surface area (Å²) in [6.07, 6.45) is 0.829. The van der Waals surface area contributed by atoms with Crippen molar-refractivity contribution in [2.24, 2.45) is 0 Å². The van der Waals surface area contributed by atoms with Crippen molar-refractivity contribution in [3.8, 4) is 0 Å². The molecule has 15 heavy (non-hydrogen) atoms. The smallest absolute Gasteiger partial charge is 0.0743 e. The van der Waals surface area contributed by atoms with Crippen molar-refractivity contribution < 1.29 is 5.11 Å². The predicted molar refractivity (Wildman–Crippen MR) is 64.1 cm³/mol. The topological polar surface area (TPSA) is 26.7 Å². The maximum Gasteiger partial charge on any atom is 0.0743 e. The van der Waals surface area contributed by atoms with Crippen LogP contribution in [0.25, 0.3) is 0 Å². The van der Waals surface area contributed by atoms with Crippen LogP contribution in [0.15, 0.2) is 0 Å². The van der Waals surface area contributed by atoms with Crippen molar-refractivity contribution in [1.29, 1.82) is 0 Å². The molecule has 1 fully saturated rings. The monoisotopic (exact) mass is 214 g/mol. The molecule has 1 N–H and O–H groups in total. The van der Waals surface area contributed by atoms with Crippen molar-refractivity contribution in [1.82, 2.24) is 9.80 Å². The maximum atomic E-state index is 10.0. The summed E-state index contributed by atoms with van der Waals surface area (Å²) >= 11 is 0. The molecular weight excluding hydrogens is 188 g/mol. The first-order valence-corrected chi connectivity index (χ1v) is 6.17. The summed E-state index contributed by atoms with van der Waals surface area (Å²) in [7, 11) is 0. The summed E-state index contributed by atoms with van der Waals surface area (Å²) in [6.45, 7) is 13.7. The van der Waals surface area contributed by atoms with Crippen molar-refractivity contribution in [3.05, 3.63) is 0 Å². The number of hydrogen-bond acceptors (Lipinski definition) is 3. The summed E-state index contributed by atoms with van der Waals surface area (Å²) in [5, 5.41) is 10.0. The van der Waals surface area contributed by atoms with Gasteiger partial charge >= 0.3 is 0 Å². The van der Waals surface area contributed by atoms with Crippen molar-refractivity contribution in [2.45, 2.75) is 45.8 Å². The lowest BCUT2D eigenvalue weighted by Crippen LogP contribution is -2.54. The molecule has 2 atom stereocenters. The summed E-state index contributed by atoms with van der Waals surface area (Å²) < 4.78 is 0. The van der Waals surface area contributed by atoms with Gasteiger partial charge in [0, 0.05) is 32.2 Å². The molecule has 0 amide bonds. The number of hydrogen-bond donors (Lipinski definition) is 1. The van der Waals surface area contributed by atoms with Crippen LogP contribution in [0.1, 0.15) is 34.1 Å². The Balaban J connectivity index is 2.41. The fourth-order valence-electron chi connectivity index (χ4n) is 2.28. The highest BCUT2D eigenvalue weighted by molar-refractivity contribution is 4.83. The van der Waals surface area contributed by atoms with Crippen molar-refractivity contribution in [2.75, 3.05) is 32.7 Å². The average Bonchev–Trinajstić information content (AvgIpc) is 2.17. The molecule has 1 rings (SSSR count). The fraction of sp³-hybridized carbons (Fsp3) is 1.00. The molecule has 0 aromatic carbocycles. The second-order valence-electron chi connectivity index (χ2n) is 5.06. The lowest BCUT2D eigenvalue weighted by molar-refractivity contribution is -0.00882. The molecule has 0 aliphatic carbocycles. The Hall–Kier alpha value is -0.120. The van der Waals surface area contributed by atoms with E-state index in [1.165, 1.54) is 0 Å². The zero-order valence-electron chi connectivity index (χ0n) is 10.7. The Kier molecular flexibility index (Phi) is 4.56. The summed E-state index contributed by atoms with van der Waals surface area (Å²) in [5.74, 6) is 0. The zero-order valence-corrected chi connectivity index (χ0v) is 10.7. The summed E-state index contributed by atoms with van der Waals surface area (Å²) in [4.78, 5) is 4.89. The van der Waals surface area contributed by atoms with Gasteiger partial charge in [0.2, 0.25) is 0 Å². The van der Waals surface area contributed by atoms with Gasteiger partial charge in [-0.15, -0.1) is 0 Å². The van der Waals surface area contributed by atoms with Crippen molar-refractivity contribution >= 4 is 0 Å². The number of rotatable bonds is 4. The fourth-order valence-corrected chi connectivity index (χ4v) is 2.28. The Labute approximate surface area is 94.1 Å². The van der Waals surface area contributed by atoms with Crippen molar-refractivity contribution in [3.63, 3.8) is 0 Å². The SMILES string of the molecule is CCN1CCN(CC(C)(O)CC)CC1C. The quantitative estimate of drug-likeness (QED) is 0.761. The van der Waals surface area contributed by atoms with Crippen LogP contribution >= 0.6 is 0 Å². The van der Waals surface area contributed by atoms with Gasteiger partial charge in [-0.1, -0.05) is 13.8 Å². The molecule has 1 saturated heterocycles. The van der Waals surface area contributed by atoms with E-state index in [2.05, 4.69) is 23.6 Å². The summed E-state index contributed by atoms with van der Waals surface area (Å²) in [5.41, 5.74) is -0.520. The Morgan fingerprint density at radius 2 is 2.00 bits per heavy atom. The van der Waals surface area contributed by atoms with E-state index in [1.54, 1.807) is 0 Å². The molecule has 90 valence electrons. The second kappa shape index (κ2) is 5.28. The predicted octanol–water partition coefficient (Wildman–Crippen LogP) is 1.17. The van der Waals surface area contributed by atoms with E-state index in [0.717, 1.165) is 39.1 Å². The Morgan fingerprint density at radius 3 is 2.47 bits per heavy atom.